The molecule has 1 nitrogen and oxygen atoms in total. The van der Waals surface area contributed by atoms with Gasteiger partial charge in [-0.3, -0.25) is 0 Å². The Bertz CT molecular complexity index is 401. The van der Waals surface area contributed by atoms with E-state index in [4.69, 9.17) is 5.73 Å². The Morgan fingerprint density at radius 1 is 1.44 bits per heavy atom. The molecule has 2 rings (SSSR count). The third kappa shape index (κ3) is 1.94. The summed E-state index contributed by atoms with van der Waals surface area (Å²) in [5.41, 5.74) is 5.60. The van der Waals surface area contributed by atoms with E-state index in [1.54, 1.807) is 13.0 Å². The van der Waals surface area contributed by atoms with Crippen molar-refractivity contribution >= 4 is 11.8 Å². The first-order chi connectivity index (χ1) is 7.41. The van der Waals surface area contributed by atoms with Crippen molar-refractivity contribution in [1.29, 1.82) is 0 Å². The molecule has 1 aromatic rings. The van der Waals surface area contributed by atoms with Gasteiger partial charge >= 0.3 is 6.18 Å². The van der Waals surface area contributed by atoms with Gasteiger partial charge in [0.2, 0.25) is 0 Å². The number of thioether (sulfide) groups is 1. The molecular weight excluding hydrogens is 235 g/mol. The maximum absolute atomic E-state index is 12.8. The number of fused-ring (bicyclic) bond motifs is 1. The number of nitrogens with two attached hydrogens (primary N) is 1. The van der Waals surface area contributed by atoms with Gasteiger partial charge in [0.1, 0.15) is 0 Å². The lowest BCUT2D eigenvalue weighted by Crippen LogP contribution is -2.26. The van der Waals surface area contributed by atoms with Gasteiger partial charge in [-0.15, -0.1) is 11.8 Å². The summed E-state index contributed by atoms with van der Waals surface area (Å²) < 4.78 is 38.5. The Balaban J connectivity index is 2.54. The van der Waals surface area contributed by atoms with Crippen LogP contribution in [0.25, 0.3) is 0 Å². The minimum Gasteiger partial charge on any atom is -0.327 e. The fraction of sp³-hybridized carbons (Fsp3) is 0.455. The Morgan fingerprint density at radius 3 is 2.69 bits per heavy atom. The van der Waals surface area contributed by atoms with Crippen molar-refractivity contribution in [2.24, 2.45) is 5.73 Å². The highest BCUT2D eigenvalue weighted by Gasteiger charge is 2.39. The molecule has 5 heteroatoms. The van der Waals surface area contributed by atoms with Crippen LogP contribution in [0, 0.1) is 0 Å². The van der Waals surface area contributed by atoms with Crippen molar-refractivity contribution in [3.63, 3.8) is 0 Å². The van der Waals surface area contributed by atoms with Gasteiger partial charge in [-0.1, -0.05) is 6.07 Å². The van der Waals surface area contributed by atoms with Crippen molar-refractivity contribution in [2.75, 3.05) is 5.75 Å². The van der Waals surface area contributed by atoms with Crippen molar-refractivity contribution in [3.8, 4) is 0 Å². The summed E-state index contributed by atoms with van der Waals surface area (Å²) in [6.45, 7) is 1.76. The molecule has 88 valence electrons. The molecule has 1 aromatic carbocycles. The van der Waals surface area contributed by atoms with Crippen LogP contribution in [0.5, 0.6) is 0 Å². The van der Waals surface area contributed by atoms with Crippen LogP contribution >= 0.6 is 11.8 Å². The average Bonchev–Trinajstić information content (AvgIpc) is 2.58. The lowest BCUT2D eigenvalue weighted by Gasteiger charge is -2.19. The van der Waals surface area contributed by atoms with Gasteiger partial charge < -0.3 is 5.73 Å². The molecule has 1 aliphatic rings. The normalized spacial score (nSPS) is 21.9. The maximum atomic E-state index is 12.8. The van der Waals surface area contributed by atoms with Gasteiger partial charge in [-0.25, -0.2) is 0 Å². The van der Waals surface area contributed by atoms with E-state index in [-0.39, 0.29) is 12.0 Å². The zero-order valence-electron chi connectivity index (χ0n) is 8.71. The first-order valence-corrected chi connectivity index (χ1v) is 5.98. The lowest BCUT2D eigenvalue weighted by atomic mass is 9.91. The summed E-state index contributed by atoms with van der Waals surface area (Å²) >= 11 is 1.45. The third-order valence-corrected chi connectivity index (χ3v) is 3.99. The molecule has 0 aliphatic carbocycles. The molecule has 2 unspecified atom stereocenters. The summed E-state index contributed by atoms with van der Waals surface area (Å²) in [7, 11) is 0. The molecular formula is C11H12F3NS. The highest BCUT2D eigenvalue weighted by Crippen LogP contribution is 2.46. The zero-order chi connectivity index (χ0) is 11.9. The summed E-state index contributed by atoms with van der Waals surface area (Å²) in [6.07, 6.45) is -4.29. The molecule has 1 heterocycles. The minimum absolute atomic E-state index is 0.196. The van der Waals surface area contributed by atoms with Gasteiger partial charge in [-0.2, -0.15) is 13.2 Å². The zero-order valence-corrected chi connectivity index (χ0v) is 9.53. The van der Waals surface area contributed by atoms with E-state index >= 15 is 0 Å². The number of benzene rings is 1. The molecule has 0 saturated heterocycles. The van der Waals surface area contributed by atoms with Crippen LogP contribution in [0.15, 0.2) is 23.1 Å². The predicted molar refractivity (Wildman–Crippen MR) is 58.6 cm³/mol. The summed E-state index contributed by atoms with van der Waals surface area (Å²) in [6, 6.07) is 4.08. The second-order valence-corrected chi connectivity index (χ2v) is 5.05. The number of alkyl halides is 3. The first-order valence-electron chi connectivity index (χ1n) is 4.99. The smallest absolute Gasteiger partial charge is 0.327 e. The van der Waals surface area contributed by atoms with Gasteiger partial charge in [0.25, 0.3) is 0 Å². The van der Waals surface area contributed by atoms with E-state index < -0.39 is 11.7 Å². The summed E-state index contributed by atoms with van der Waals surface area (Å²) in [4.78, 5) is 0.720. The summed E-state index contributed by atoms with van der Waals surface area (Å²) in [5.74, 6) is 0.443. The maximum Gasteiger partial charge on any atom is 0.416 e. The van der Waals surface area contributed by atoms with E-state index in [0.29, 0.717) is 11.3 Å². The third-order valence-electron chi connectivity index (χ3n) is 2.80. The Hall–Kier alpha value is -0.680. The standard InChI is InChI=1S/C11H12F3NS/c1-6(15)7-5-16-9-4-2-3-8(10(7)9)11(12,13)14/h2-4,6-7H,5,15H2,1H3. The minimum atomic E-state index is -4.29. The van der Waals surface area contributed by atoms with Crippen molar-refractivity contribution in [2.45, 2.75) is 30.0 Å². The Kier molecular flexibility index (Phi) is 2.92. The molecule has 0 radical (unpaired) electrons. The second kappa shape index (κ2) is 3.96. The molecule has 1 aliphatic heterocycles. The van der Waals surface area contributed by atoms with Crippen LogP contribution in [0.2, 0.25) is 0 Å². The van der Waals surface area contributed by atoms with Crippen LogP contribution in [0.3, 0.4) is 0 Å². The molecule has 0 amide bonds. The highest BCUT2D eigenvalue weighted by atomic mass is 32.2. The molecule has 16 heavy (non-hydrogen) atoms. The second-order valence-electron chi connectivity index (χ2n) is 3.99. The SMILES string of the molecule is CC(N)C1CSc2cccc(C(F)(F)F)c21. The number of halogens is 3. The fourth-order valence-corrected chi connectivity index (χ4v) is 3.40. The van der Waals surface area contributed by atoms with Crippen molar-refractivity contribution < 1.29 is 13.2 Å². The van der Waals surface area contributed by atoms with Gasteiger partial charge in [0.15, 0.2) is 0 Å². The van der Waals surface area contributed by atoms with Crippen LogP contribution in [0.1, 0.15) is 24.0 Å². The Morgan fingerprint density at radius 2 is 2.12 bits per heavy atom. The van der Waals surface area contributed by atoms with Crippen LogP contribution in [0.4, 0.5) is 13.2 Å². The number of hydrogen-bond donors (Lipinski definition) is 1. The number of rotatable bonds is 1. The van der Waals surface area contributed by atoms with Crippen LogP contribution in [-0.2, 0) is 6.18 Å². The molecule has 2 N–H and O–H groups in total. The molecule has 0 spiro atoms. The van der Waals surface area contributed by atoms with E-state index in [2.05, 4.69) is 0 Å². The largest absolute Gasteiger partial charge is 0.416 e. The van der Waals surface area contributed by atoms with Crippen molar-refractivity contribution in [3.05, 3.63) is 29.3 Å². The topological polar surface area (TPSA) is 26.0 Å². The van der Waals surface area contributed by atoms with Gasteiger partial charge in [-0.05, 0) is 24.6 Å². The molecule has 0 aromatic heterocycles. The van der Waals surface area contributed by atoms with Crippen LogP contribution in [-0.4, -0.2) is 11.8 Å². The van der Waals surface area contributed by atoms with E-state index in [0.717, 1.165) is 11.0 Å². The van der Waals surface area contributed by atoms with E-state index in [1.165, 1.54) is 17.8 Å². The average molecular weight is 247 g/mol. The molecule has 0 fully saturated rings. The fourth-order valence-electron chi connectivity index (χ4n) is 1.98. The lowest BCUT2D eigenvalue weighted by molar-refractivity contribution is -0.138. The van der Waals surface area contributed by atoms with Crippen molar-refractivity contribution in [1.82, 2.24) is 0 Å². The molecule has 0 bridgehead atoms. The summed E-state index contributed by atoms with van der Waals surface area (Å²) in [5, 5.41) is 0. The number of hydrogen-bond acceptors (Lipinski definition) is 2. The first kappa shape index (κ1) is 11.8. The quantitative estimate of drug-likeness (QED) is 0.824. The predicted octanol–water partition coefficient (Wildman–Crippen LogP) is 3.24. The van der Waals surface area contributed by atoms with Crippen LogP contribution < -0.4 is 5.73 Å². The monoisotopic (exact) mass is 247 g/mol. The van der Waals surface area contributed by atoms with E-state index in [9.17, 15) is 13.2 Å². The Labute approximate surface area is 96.2 Å². The van der Waals surface area contributed by atoms with E-state index in [1.807, 2.05) is 0 Å². The van der Waals surface area contributed by atoms with Gasteiger partial charge in [0.05, 0.1) is 5.56 Å². The van der Waals surface area contributed by atoms with Gasteiger partial charge in [0, 0.05) is 22.6 Å². The highest BCUT2D eigenvalue weighted by molar-refractivity contribution is 7.99. The molecule has 0 saturated carbocycles. The molecule has 2 atom stereocenters.